The van der Waals surface area contributed by atoms with Gasteiger partial charge in [0.25, 0.3) is 0 Å². The number of hydrogen-bond acceptors (Lipinski definition) is 6. The number of imidazole rings is 1. The first kappa shape index (κ1) is 20.4. The number of hydrogen-bond donors (Lipinski definition) is 2. The summed E-state index contributed by atoms with van der Waals surface area (Å²) in [6, 6.07) is 9.54. The molecule has 1 saturated carbocycles. The number of aromatic nitrogens is 3. The van der Waals surface area contributed by atoms with Gasteiger partial charge < -0.3 is 24.7 Å². The average molecular weight is 406 g/mol. The molecule has 1 aliphatic carbocycles. The quantitative estimate of drug-likeness (QED) is 0.586. The van der Waals surface area contributed by atoms with Gasteiger partial charge in [0, 0.05) is 49.2 Å². The largest absolute Gasteiger partial charge is 0.385 e. The van der Waals surface area contributed by atoms with E-state index >= 15 is 0 Å². The van der Waals surface area contributed by atoms with Crippen LogP contribution in [0.5, 0.6) is 0 Å². The van der Waals surface area contributed by atoms with Crippen molar-refractivity contribution in [2.24, 2.45) is 17.6 Å². The van der Waals surface area contributed by atoms with Gasteiger partial charge in [-0.2, -0.15) is 0 Å². The molecule has 0 radical (unpaired) electrons. The maximum Gasteiger partial charge on any atom is 0.167 e. The Balaban J connectivity index is 1.48. The van der Waals surface area contributed by atoms with Crippen LogP contribution in [-0.2, 0) is 4.74 Å². The van der Waals surface area contributed by atoms with Gasteiger partial charge in [-0.1, -0.05) is 17.0 Å². The molecule has 7 nitrogen and oxygen atoms in total. The van der Waals surface area contributed by atoms with E-state index in [-0.39, 0.29) is 6.04 Å². The lowest BCUT2D eigenvalue weighted by Gasteiger charge is -2.17. The van der Waals surface area contributed by atoms with Crippen LogP contribution in [0.25, 0.3) is 11.3 Å². The van der Waals surface area contributed by atoms with Crippen molar-refractivity contribution < 1.29 is 14.4 Å². The normalized spacial score (nSPS) is 19.7. The van der Waals surface area contributed by atoms with Gasteiger partial charge in [0.2, 0.25) is 0 Å². The van der Waals surface area contributed by atoms with Gasteiger partial charge in [0.05, 0.1) is 12.6 Å². The fourth-order valence-corrected chi connectivity index (χ4v) is 3.59. The van der Waals surface area contributed by atoms with E-state index in [1.54, 1.807) is 26.4 Å². The first-order valence-corrected chi connectivity index (χ1v) is 10.1. The summed E-state index contributed by atoms with van der Waals surface area (Å²) in [7, 11) is 1.73. The Bertz CT molecular complexity index is 1040. The summed E-state index contributed by atoms with van der Waals surface area (Å²) >= 11 is 0. The monoisotopic (exact) mass is 406 g/mol. The van der Waals surface area contributed by atoms with Crippen LogP contribution in [0.3, 0.4) is 0 Å². The molecule has 0 saturated heterocycles. The summed E-state index contributed by atoms with van der Waals surface area (Å²) in [6.07, 6.45) is 3.85. The van der Waals surface area contributed by atoms with Gasteiger partial charge in [-0.3, -0.25) is 0 Å². The highest BCUT2D eigenvalue weighted by molar-refractivity contribution is 5.59. The van der Waals surface area contributed by atoms with Crippen LogP contribution in [0, 0.1) is 23.7 Å². The van der Waals surface area contributed by atoms with E-state index < -0.39 is 6.10 Å². The van der Waals surface area contributed by atoms with Crippen molar-refractivity contribution in [3.8, 4) is 23.2 Å². The number of ether oxygens (including phenoxy) is 1. The van der Waals surface area contributed by atoms with Crippen LogP contribution in [0.15, 0.2) is 47.2 Å². The van der Waals surface area contributed by atoms with E-state index in [1.165, 1.54) is 0 Å². The Morgan fingerprint density at radius 3 is 2.87 bits per heavy atom. The van der Waals surface area contributed by atoms with Gasteiger partial charge in [0.15, 0.2) is 5.76 Å². The minimum Gasteiger partial charge on any atom is -0.385 e. The van der Waals surface area contributed by atoms with Crippen LogP contribution in [0.1, 0.15) is 42.6 Å². The van der Waals surface area contributed by atoms with Crippen LogP contribution < -0.4 is 5.73 Å². The third-order valence-electron chi connectivity index (χ3n) is 5.38. The van der Waals surface area contributed by atoms with Crippen molar-refractivity contribution in [1.29, 1.82) is 0 Å². The van der Waals surface area contributed by atoms with Crippen molar-refractivity contribution in [3.63, 3.8) is 0 Å². The molecule has 0 bridgehead atoms. The van der Waals surface area contributed by atoms with E-state index in [2.05, 4.69) is 22.0 Å². The highest BCUT2D eigenvalue weighted by Crippen LogP contribution is 2.37. The molecule has 4 rings (SSSR count). The Kier molecular flexibility index (Phi) is 6.00. The standard InChI is InChI=1S/C23H26N4O3/c1-15(28)23-25-9-10-27(23)21(13-24)20-12-22(30-26-20)17-6-3-16(4-7-17)5-8-18-11-19(18)14-29-2/h3-4,6-7,9-10,12,15,18-19,21,28H,11,13-14,24H2,1-2H3/t15?,18-,19+,21?/m1/s1. The predicted octanol–water partition coefficient (Wildman–Crippen LogP) is 2.77. The zero-order valence-electron chi connectivity index (χ0n) is 17.2. The second-order valence-corrected chi connectivity index (χ2v) is 7.64. The third-order valence-corrected chi connectivity index (χ3v) is 5.38. The molecular weight excluding hydrogens is 380 g/mol. The molecule has 1 fully saturated rings. The van der Waals surface area contributed by atoms with E-state index in [9.17, 15) is 5.11 Å². The van der Waals surface area contributed by atoms with Crippen molar-refractivity contribution in [2.45, 2.75) is 25.5 Å². The summed E-state index contributed by atoms with van der Waals surface area (Å²) in [4.78, 5) is 4.21. The number of nitrogens with two attached hydrogens (primary N) is 1. The zero-order valence-corrected chi connectivity index (χ0v) is 17.2. The predicted molar refractivity (Wildman–Crippen MR) is 112 cm³/mol. The minimum absolute atomic E-state index is 0.265. The molecule has 30 heavy (non-hydrogen) atoms. The fraction of sp³-hybridized carbons (Fsp3) is 0.391. The number of methoxy groups -OCH3 is 1. The first-order valence-electron chi connectivity index (χ1n) is 10.1. The molecule has 156 valence electrons. The maximum atomic E-state index is 9.93. The SMILES string of the molecule is COC[C@@H]1C[C@H]1C#Cc1ccc(-c2cc(C(CN)n3ccnc3C(C)O)no2)cc1. The summed E-state index contributed by atoms with van der Waals surface area (Å²) < 4.78 is 12.6. The number of aliphatic hydroxyl groups excluding tert-OH is 1. The minimum atomic E-state index is -0.700. The molecule has 3 N–H and O–H groups in total. The summed E-state index contributed by atoms with van der Waals surface area (Å²) in [5.41, 5.74) is 8.57. The summed E-state index contributed by atoms with van der Waals surface area (Å²) in [6.45, 7) is 2.77. The molecule has 3 aromatic rings. The van der Waals surface area contributed by atoms with Gasteiger partial charge in [-0.05, 0) is 43.5 Å². The van der Waals surface area contributed by atoms with Crippen molar-refractivity contribution in [1.82, 2.24) is 14.7 Å². The molecule has 2 unspecified atom stereocenters. The first-order chi connectivity index (χ1) is 14.6. The Morgan fingerprint density at radius 1 is 1.37 bits per heavy atom. The Morgan fingerprint density at radius 2 is 2.17 bits per heavy atom. The molecule has 0 aliphatic heterocycles. The molecule has 0 amide bonds. The van der Waals surface area contributed by atoms with E-state index in [0.29, 0.717) is 35.7 Å². The molecule has 2 aromatic heterocycles. The molecule has 1 aromatic carbocycles. The molecule has 2 heterocycles. The smallest absolute Gasteiger partial charge is 0.167 e. The number of nitrogens with zero attached hydrogens (tertiary/aromatic N) is 3. The van der Waals surface area contributed by atoms with Crippen molar-refractivity contribution in [2.75, 3.05) is 20.3 Å². The molecular formula is C23H26N4O3. The Labute approximate surface area is 175 Å². The van der Waals surface area contributed by atoms with Crippen LogP contribution >= 0.6 is 0 Å². The van der Waals surface area contributed by atoms with Crippen molar-refractivity contribution >= 4 is 0 Å². The fourth-order valence-electron chi connectivity index (χ4n) is 3.59. The lowest BCUT2D eigenvalue weighted by Crippen LogP contribution is -2.22. The van der Waals surface area contributed by atoms with Crippen LogP contribution in [-0.4, -0.2) is 40.1 Å². The second kappa shape index (κ2) is 8.84. The second-order valence-electron chi connectivity index (χ2n) is 7.64. The number of aliphatic hydroxyl groups is 1. The molecule has 4 atom stereocenters. The lowest BCUT2D eigenvalue weighted by molar-refractivity contribution is 0.182. The van der Waals surface area contributed by atoms with Gasteiger partial charge >= 0.3 is 0 Å². The van der Waals surface area contributed by atoms with Crippen molar-refractivity contribution in [3.05, 3.63) is 59.8 Å². The Hall–Kier alpha value is -2.92. The maximum absolute atomic E-state index is 9.93. The molecule has 1 aliphatic rings. The lowest BCUT2D eigenvalue weighted by atomic mass is 10.1. The highest BCUT2D eigenvalue weighted by atomic mass is 16.5. The van der Waals surface area contributed by atoms with Gasteiger partial charge in [-0.15, -0.1) is 0 Å². The van der Waals surface area contributed by atoms with Crippen LogP contribution in [0.2, 0.25) is 0 Å². The average Bonchev–Trinajstić information content (AvgIpc) is 3.11. The number of rotatable bonds is 7. The van der Waals surface area contributed by atoms with Crippen LogP contribution in [0.4, 0.5) is 0 Å². The van der Waals surface area contributed by atoms with Gasteiger partial charge in [-0.25, -0.2) is 4.98 Å². The topological polar surface area (TPSA) is 99.3 Å². The van der Waals surface area contributed by atoms with E-state index in [4.69, 9.17) is 15.0 Å². The zero-order chi connectivity index (χ0) is 21.1. The van der Waals surface area contributed by atoms with Gasteiger partial charge in [0.1, 0.15) is 17.6 Å². The van der Waals surface area contributed by atoms with E-state index in [1.807, 2.05) is 34.9 Å². The third kappa shape index (κ3) is 4.31. The molecule has 7 heteroatoms. The summed E-state index contributed by atoms with van der Waals surface area (Å²) in [5, 5.41) is 14.1. The number of benzene rings is 1. The highest BCUT2D eigenvalue weighted by Gasteiger charge is 2.35. The molecule has 0 spiro atoms. The summed E-state index contributed by atoms with van der Waals surface area (Å²) in [5.74, 6) is 8.78. The van der Waals surface area contributed by atoms with E-state index in [0.717, 1.165) is 24.2 Å².